The molecule has 2 aliphatic rings. The SMILES string of the molecule is Cn1ccc2ccc(C(O)C3CC4(C3)CN(C(=O)OC(C)(C)C)C4)nc21. The third-order valence-electron chi connectivity index (χ3n) is 5.58. The number of aliphatic hydroxyl groups excluding tert-OH is 1. The van der Waals surface area contributed by atoms with Crippen LogP contribution in [0.3, 0.4) is 0 Å². The van der Waals surface area contributed by atoms with Crippen LogP contribution in [0.25, 0.3) is 11.0 Å². The molecule has 0 radical (unpaired) electrons. The number of pyridine rings is 1. The second-order valence-corrected chi connectivity index (χ2v) is 9.03. The summed E-state index contributed by atoms with van der Waals surface area (Å²) in [6.07, 6.45) is 3.06. The predicted octanol–water partition coefficient (Wildman–Crippen LogP) is 3.25. The van der Waals surface area contributed by atoms with E-state index >= 15 is 0 Å². The minimum atomic E-state index is -0.546. The van der Waals surface area contributed by atoms with Crippen LogP contribution < -0.4 is 0 Å². The lowest BCUT2D eigenvalue weighted by Gasteiger charge is -2.59. The van der Waals surface area contributed by atoms with Gasteiger partial charge in [0.1, 0.15) is 11.2 Å². The van der Waals surface area contributed by atoms with Crippen LogP contribution in [0.5, 0.6) is 0 Å². The fourth-order valence-corrected chi connectivity index (χ4v) is 4.31. The van der Waals surface area contributed by atoms with Crippen LogP contribution in [0, 0.1) is 11.3 Å². The standard InChI is InChI=1S/C20H27N3O3/c1-19(2,3)26-18(25)23-11-20(12-23)9-14(10-20)16(24)15-6-5-13-7-8-22(4)17(13)21-15/h5-8,14,16,24H,9-12H2,1-4H3. The van der Waals surface area contributed by atoms with Crippen LogP contribution in [0.15, 0.2) is 24.4 Å². The average molecular weight is 357 g/mol. The van der Waals surface area contributed by atoms with Gasteiger partial charge in [-0.25, -0.2) is 9.78 Å². The summed E-state index contributed by atoms with van der Waals surface area (Å²) in [4.78, 5) is 18.5. The lowest BCUT2D eigenvalue weighted by molar-refractivity contribution is -0.124. The number of aromatic nitrogens is 2. The molecule has 1 saturated carbocycles. The van der Waals surface area contributed by atoms with Crippen LogP contribution in [0.1, 0.15) is 45.4 Å². The molecule has 140 valence electrons. The topological polar surface area (TPSA) is 67.6 Å². The van der Waals surface area contributed by atoms with E-state index in [1.807, 2.05) is 56.8 Å². The van der Waals surface area contributed by atoms with Crippen molar-refractivity contribution >= 4 is 17.1 Å². The number of carbonyl (C=O) groups excluding carboxylic acids is 1. The van der Waals surface area contributed by atoms with Gasteiger partial charge in [-0.05, 0) is 57.7 Å². The van der Waals surface area contributed by atoms with Gasteiger partial charge in [-0.1, -0.05) is 0 Å². The largest absolute Gasteiger partial charge is 0.444 e. The van der Waals surface area contributed by atoms with E-state index in [9.17, 15) is 9.90 Å². The first kappa shape index (κ1) is 17.3. The summed E-state index contributed by atoms with van der Waals surface area (Å²) in [6, 6.07) is 5.96. The fraction of sp³-hybridized carbons (Fsp3) is 0.600. The molecule has 2 aromatic heterocycles. The van der Waals surface area contributed by atoms with Gasteiger partial charge in [0.15, 0.2) is 0 Å². The van der Waals surface area contributed by atoms with Gasteiger partial charge < -0.3 is 19.3 Å². The van der Waals surface area contributed by atoms with Crippen molar-refractivity contribution in [3.63, 3.8) is 0 Å². The lowest BCUT2D eigenvalue weighted by Crippen LogP contribution is -2.64. The first-order chi connectivity index (χ1) is 12.2. The van der Waals surface area contributed by atoms with E-state index in [-0.39, 0.29) is 17.4 Å². The number of likely N-dealkylation sites (tertiary alicyclic amines) is 1. The normalized spacial score (nSPS) is 20.7. The van der Waals surface area contributed by atoms with Crippen molar-refractivity contribution in [2.45, 2.75) is 45.3 Å². The summed E-state index contributed by atoms with van der Waals surface area (Å²) in [5.74, 6) is 0.209. The highest BCUT2D eigenvalue weighted by atomic mass is 16.6. The van der Waals surface area contributed by atoms with Crippen molar-refractivity contribution in [3.05, 3.63) is 30.1 Å². The van der Waals surface area contributed by atoms with Crippen LogP contribution in [0.4, 0.5) is 4.79 Å². The molecule has 4 rings (SSSR count). The van der Waals surface area contributed by atoms with Crippen LogP contribution >= 0.6 is 0 Å². The van der Waals surface area contributed by atoms with Gasteiger partial charge in [-0.3, -0.25) is 0 Å². The second kappa shape index (κ2) is 5.71. The molecule has 1 aliphatic carbocycles. The van der Waals surface area contributed by atoms with Crippen molar-refractivity contribution in [1.82, 2.24) is 14.5 Å². The Balaban J connectivity index is 1.35. The molecule has 1 saturated heterocycles. The highest BCUT2D eigenvalue weighted by Crippen LogP contribution is 2.55. The Morgan fingerprint density at radius 3 is 2.65 bits per heavy atom. The number of hydrogen-bond donors (Lipinski definition) is 1. The average Bonchev–Trinajstić information content (AvgIpc) is 2.83. The Hall–Kier alpha value is -2.08. The molecule has 2 aromatic rings. The number of hydrogen-bond acceptors (Lipinski definition) is 4. The van der Waals surface area contributed by atoms with E-state index in [0.717, 1.165) is 42.7 Å². The molecule has 1 N–H and O–H groups in total. The molecule has 1 amide bonds. The predicted molar refractivity (Wildman–Crippen MR) is 98.6 cm³/mol. The Kier molecular flexibility index (Phi) is 3.81. The van der Waals surface area contributed by atoms with Gasteiger partial charge in [0.05, 0.1) is 11.8 Å². The van der Waals surface area contributed by atoms with Crippen molar-refractivity contribution in [3.8, 4) is 0 Å². The molecule has 1 spiro atoms. The van der Waals surface area contributed by atoms with Gasteiger partial charge in [-0.2, -0.15) is 0 Å². The maximum atomic E-state index is 12.1. The number of ether oxygens (including phenoxy) is 1. The van der Waals surface area contributed by atoms with Crippen LogP contribution in [-0.4, -0.2) is 44.3 Å². The molecule has 1 unspecified atom stereocenters. The highest BCUT2D eigenvalue weighted by molar-refractivity contribution is 5.76. The quantitative estimate of drug-likeness (QED) is 0.896. The lowest BCUT2D eigenvalue weighted by atomic mass is 9.56. The molecule has 3 heterocycles. The van der Waals surface area contributed by atoms with E-state index in [1.165, 1.54) is 0 Å². The molecular formula is C20H27N3O3. The van der Waals surface area contributed by atoms with Crippen molar-refractivity contribution in [2.24, 2.45) is 18.4 Å². The molecule has 6 heteroatoms. The number of rotatable bonds is 2. The van der Waals surface area contributed by atoms with Crippen LogP contribution in [-0.2, 0) is 11.8 Å². The molecule has 2 fully saturated rings. The molecule has 1 aliphatic heterocycles. The summed E-state index contributed by atoms with van der Waals surface area (Å²) in [5.41, 5.74) is 1.34. The molecular weight excluding hydrogens is 330 g/mol. The molecule has 0 aromatic carbocycles. The summed E-state index contributed by atoms with van der Waals surface area (Å²) < 4.78 is 7.39. The summed E-state index contributed by atoms with van der Waals surface area (Å²) >= 11 is 0. The maximum absolute atomic E-state index is 12.1. The highest BCUT2D eigenvalue weighted by Gasteiger charge is 2.56. The number of nitrogens with zero attached hydrogens (tertiary/aromatic N) is 3. The third kappa shape index (κ3) is 2.96. The third-order valence-corrected chi connectivity index (χ3v) is 5.58. The van der Waals surface area contributed by atoms with E-state index in [1.54, 1.807) is 4.90 Å². The Morgan fingerprint density at radius 1 is 1.31 bits per heavy atom. The van der Waals surface area contributed by atoms with E-state index in [0.29, 0.717) is 0 Å². The zero-order valence-electron chi connectivity index (χ0n) is 15.9. The number of amides is 1. The number of carbonyl (C=O) groups is 1. The van der Waals surface area contributed by atoms with Gasteiger partial charge >= 0.3 is 6.09 Å². The van der Waals surface area contributed by atoms with Crippen molar-refractivity contribution in [1.29, 1.82) is 0 Å². The fourth-order valence-electron chi connectivity index (χ4n) is 4.31. The minimum Gasteiger partial charge on any atom is -0.444 e. The first-order valence-corrected chi connectivity index (χ1v) is 9.24. The van der Waals surface area contributed by atoms with E-state index in [4.69, 9.17) is 4.74 Å². The van der Waals surface area contributed by atoms with E-state index < -0.39 is 11.7 Å². The first-order valence-electron chi connectivity index (χ1n) is 9.24. The second-order valence-electron chi connectivity index (χ2n) is 9.03. The molecule has 26 heavy (non-hydrogen) atoms. The van der Waals surface area contributed by atoms with Crippen LogP contribution in [0.2, 0.25) is 0 Å². The van der Waals surface area contributed by atoms with Crippen molar-refractivity contribution in [2.75, 3.05) is 13.1 Å². The van der Waals surface area contributed by atoms with E-state index in [2.05, 4.69) is 4.98 Å². The Bertz CT molecular complexity index is 838. The summed E-state index contributed by atoms with van der Waals surface area (Å²) in [5, 5.41) is 11.8. The Labute approximate surface area is 153 Å². The number of aliphatic hydroxyl groups is 1. The minimum absolute atomic E-state index is 0.164. The van der Waals surface area contributed by atoms with Gasteiger partial charge in [0.2, 0.25) is 0 Å². The zero-order chi connectivity index (χ0) is 18.7. The summed E-state index contributed by atoms with van der Waals surface area (Å²) in [6.45, 7) is 7.11. The number of aryl methyl sites for hydroxylation is 1. The summed E-state index contributed by atoms with van der Waals surface area (Å²) in [7, 11) is 1.96. The smallest absolute Gasteiger partial charge is 0.410 e. The molecule has 0 bridgehead atoms. The number of fused-ring (bicyclic) bond motifs is 1. The van der Waals surface area contributed by atoms with Gasteiger partial charge in [-0.15, -0.1) is 0 Å². The molecule has 6 nitrogen and oxygen atoms in total. The van der Waals surface area contributed by atoms with Gasteiger partial charge in [0, 0.05) is 37.1 Å². The molecule has 1 atom stereocenters. The van der Waals surface area contributed by atoms with Crippen molar-refractivity contribution < 1.29 is 14.6 Å². The monoisotopic (exact) mass is 357 g/mol. The maximum Gasteiger partial charge on any atom is 0.410 e. The van der Waals surface area contributed by atoms with Gasteiger partial charge in [0.25, 0.3) is 0 Å². The zero-order valence-corrected chi connectivity index (χ0v) is 15.9. The Morgan fingerprint density at radius 2 is 2.00 bits per heavy atom.